The van der Waals surface area contributed by atoms with E-state index in [9.17, 15) is 4.79 Å². The summed E-state index contributed by atoms with van der Waals surface area (Å²) < 4.78 is 5.70. The van der Waals surface area contributed by atoms with Gasteiger partial charge in [0, 0.05) is 18.2 Å². The number of likely N-dealkylation sites (tertiary alicyclic amines) is 1. The Labute approximate surface area is 120 Å². The number of para-hydroxylation sites is 1. The van der Waals surface area contributed by atoms with Crippen LogP contribution in [0.5, 0.6) is 5.75 Å². The lowest BCUT2D eigenvalue weighted by molar-refractivity contribution is -0.131. The number of amides is 1. The van der Waals surface area contributed by atoms with Gasteiger partial charge in [0.1, 0.15) is 12.4 Å². The van der Waals surface area contributed by atoms with Crippen LogP contribution in [0.25, 0.3) is 6.08 Å². The minimum absolute atomic E-state index is 0.158. The third-order valence-electron chi connectivity index (χ3n) is 4.27. The van der Waals surface area contributed by atoms with E-state index in [4.69, 9.17) is 4.74 Å². The smallest absolute Gasteiger partial charge is 0.253 e. The molecule has 2 aliphatic rings. The minimum atomic E-state index is 0.158. The van der Waals surface area contributed by atoms with Crippen LogP contribution < -0.4 is 4.74 Å². The molecule has 1 fully saturated rings. The first-order valence-electron chi connectivity index (χ1n) is 7.53. The van der Waals surface area contributed by atoms with Crippen LogP contribution in [-0.4, -0.2) is 30.0 Å². The largest absolute Gasteiger partial charge is 0.488 e. The molecular weight excluding hydrogens is 250 g/mol. The monoisotopic (exact) mass is 271 g/mol. The van der Waals surface area contributed by atoms with Crippen LogP contribution in [0, 0.1) is 0 Å². The number of nitrogens with zero attached hydrogens (tertiary/aromatic N) is 1. The molecule has 1 aromatic carbocycles. The Morgan fingerprint density at radius 1 is 1.35 bits per heavy atom. The third-order valence-corrected chi connectivity index (χ3v) is 4.27. The summed E-state index contributed by atoms with van der Waals surface area (Å²) in [5.74, 6) is 1.03. The summed E-state index contributed by atoms with van der Waals surface area (Å²) in [6, 6.07) is 8.27. The first kappa shape index (κ1) is 13.2. The van der Waals surface area contributed by atoms with Crippen molar-refractivity contribution in [3.63, 3.8) is 0 Å². The molecule has 0 spiro atoms. The number of carbonyl (C=O) groups is 1. The van der Waals surface area contributed by atoms with Crippen LogP contribution in [0.15, 0.2) is 29.8 Å². The molecule has 20 heavy (non-hydrogen) atoms. The average Bonchev–Trinajstić information content (AvgIpc) is 2.53. The van der Waals surface area contributed by atoms with Gasteiger partial charge in [-0.25, -0.2) is 0 Å². The second-order valence-electron chi connectivity index (χ2n) is 5.55. The fourth-order valence-corrected chi connectivity index (χ4v) is 3.12. The van der Waals surface area contributed by atoms with Gasteiger partial charge in [-0.15, -0.1) is 0 Å². The average molecular weight is 271 g/mol. The van der Waals surface area contributed by atoms with E-state index in [0.29, 0.717) is 12.6 Å². The van der Waals surface area contributed by atoms with Gasteiger partial charge in [0.2, 0.25) is 0 Å². The van der Waals surface area contributed by atoms with Gasteiger partial charge in [-0.05, 0) is 37.8 Å². The van der Waals surface area contributed by atoms with Crippen molar-refractivity contribution in [2.75, 3.05) is 13.2 Å². The first-order valence-corrected chi connectivity index (χ1v) is 7.53. The van der Waals surface area contributed by atoms with Gasteiger partial charge in [-0.1, -0.05) is 25.1 Å². The van der Waals surface area contributed by atoms with Crippen molar-refractivity contribution in [1.82, 2.24) is 4.90 Å². The van der Waals surface area contributed by atoms with Crippen LogP contribution >= 0.6 is 0 Å². The van der Waals surface area contributed by atoms with Gasteiger partial charge >= 0.3 is 0 Å². The number of rotatable bonds is 2. The molecular formula is C17H21NO2. The van der Waals surface area contributed by atoms with E-state index in [1.54, 1.807) is 0 Å². The molecule has 0 N–H and O–H groups in total. The molecule has 1 atom stereocenters. The van der Waals surface area contributed by atoms with Gasteiger partial charge in [0.25, 0.3) is 5.91 Å². The molecule has 1 saturated heterocycles. The summed E-state index contributed by atoms with van der Waals surface area (Å²) in [4.78, 5) is 14.8. The molecule has 0 radical (unpaired) electrons. The van der Waals surface area contributed by atoms with Crippen molar-refractivity contribution in [2.45, 2.75) is 38.6 Å². The summed E-state index contributed by atoms with van der Waals surface area (Å²) >= 11 is 0. The molecule has 0 saturated carbocycles. The SMILES string of the molecule is CCC1CCCCN1C(=O)C1=Cc2ccccc2OC1. The number of ether oxygens (including phenoxy) is 1. The second-order valence-corrected chi connectivity index (χ2v) is 5.55. The quantitative estimate of drug-likeness (QED) is 0.826. The number of hydrogen-bond acceptors (Lipinski definition) is 2. The van der Waals surface area contributed by atoms with Crippen molar-refractivity contribution in [3.05, 3.63) is 35.4 Å². The number of piperidine rings is 1. The van der Waals surface area contributed by atoms with E-state index in [1.807, 2.05) is 35.2 Å². The Kier molecular flexibility index (Phi) is 3.77. The second kappa shape index (κ2) is 5.70. The molecule has 1 amide bonds. The zero-order chi connectivity index (χ0) is 13.9. The normalized spacial score (nSPS) is 21.8. The third kappa shape index (κ3) is 2.45. The maximum absolute atomic E-state index is 12.7. The lowest BCUT2D eigenvalue weighted by Gasteiger charge is -2.36. The van der Waals surface area contributed by atoms with Crippen LogP contribution in [0.3, 0.4) is 0 Å². The van der Waals surface area contributed by atoms with Crippen molar-refractivity contribution < 1.29 is 9.53 Å². The number of fused-ring (bicyclic) bond motifs is 1. The van der Waals surface area contributed by atoms with Gasteiger partial charge in [-0.3, -0.25) is 4.79 Å². The van der Waals surface area contributed by atoms with Crippen molar-refractivity contribution in [2.24, 2.45) is 0 Å². The predicted molar refractivity (Wildman–Crippen MR) is 79.6 cm³/mol. The van der Waals surface area contributed by atoms with Crippen molar-refractivity contribution in [3.8, 4) is 5.75 Å². The fourth-order valence-electron chi connectivity index (χ4n) is 3.12. The molecule has 3 rings (SSSR count). The molecule has 2 heterocycles. The van der Waals surface area contributed by atoms with E-state index >= 15 is 0 Å². The summed E-state index contributed by atoms with van der Waals surface area (Å²) in [6.07, 6.45) is 6.51. The minimum Gasteiger partial charge on any atom is -0.488 e. The molecule has 106 valence electrons. The zero-order valence-corrected chi connectivity index (χ0v) is 12.0. The zero-order valence-electron chi connectivity index (χ0n) is 12.0. The molecule has 1 unspecified atom stereocenters. The summed E-state index contributed by atoms with van der Waals surface area (Å²) in [5, 5.41) is 0. The van der Waals surface area contributed by atoms with Gasteiger partial charge in [0.05, 0.1) is 5.57 Å². The lowest BCUT2D eigenvalue weighted by atomic mass is 9.98. The highest BCUT2D eigenvalue weighted by Crippen LogP contribution is 2.28. The molecule has 1 aromatic rings. The topological polar surface area (TPSA) is 29.5 Å². The highest BCUT2D eigenvalue weighted by molar-refractivity contribution is 5.99. The van der Waals surface area contributed by atoms with E-state index in [-0.39, 0.29) is 5.91 Å². The van der Waals surface area contributed by atoms with Crippen LogP contribution in [0.4, 0.5) is 0 Å². The van der Waals surface area contributed by atoms with E-state index in [1.165, 1.54) is 6.42 Å². The summed E-state index contributed by atoms with van der Waals surface area (Å²) in [5.41, 5.74) is 1.79. The van der Waals surface area contributed by atoms with Gasteiger partial charge < -0.3 is 9.64 Å². The maximum atomic E-state index is 12.7. The Balaban J connectivity index is 1.82. The Morgan fingerprint density at radius 2 is 2.20 bits per heavy atom. The Morgan fingerprint density at radius 3 is 3.05 bits per heavy atom. The number of carbonyl (C=O) groups excluding carboxylic acids is 1. The van der Waals surface area contributed by atoms with E-state index < -0.39 is 0 Å². The highest BCUT2D eigenvalue weighted by Gasteiger charge is 2.28. The molecule has 3 heteroatoms. The first-order chi connectivity index (χ1) is 9.79. The highest BCUT2D eigenvalue weighted by atomic mass is 16.5. The van der Waals surface area contributed by atoms with Gasteiger partial charge in [0.15, 0.2) is 0 Å². The van der Waals surface area contributed by atoms with Crippen LogP contribution in [-0.2, 0) is 4.79 Å². The van der Waals surface area contributed by atoms with Crippen molar-refractivity contribution >= 4 is 12.0 Å². The standard InChI is InChI=1S/C17H21NO2/c1-2-15-8-5-6-10-18(15)17(19)14-11-13-7-3-4-9-16(13)20-12-14/h3-4,7,9,11,15H,2,5-6,8,10,12H2,1H3. The van der Waals surface area contributed by atoms with Crippen LogP contribution in [0.1, 0.15) is 38.2 Å². The molecule has 0 bridgehead atoms. The summed E-state index contributed by atoms with van der Waals surface area (Å²) in [6.45, 7) is 3.44. The predicted octanol–water partition coefficient (Wildman–Crippen LogP) is 3.25. The molecule has 2 aliphatic heterocycles. The fraction of sp³-hybridized carbons (Fsp3) is 0.471. The number of benzene rings is 1. The Bertz CT molecular complexity index is 536. The summed E-state index contributed by atoms with van der Waals surface area (Å²) in [7, 11) is 0. The molecule has 0 aliphatic carbocycles. The van der Waals surface area contributed by atoms with E-state index in [2.05, 4.69) is 6.92 Å². The Hall–Kier alpha value is -1.77. The molecule has 0 aromatic heterocycles. The van der Waals surface area contributed by atoms with Crippen LogP contribution in [0.2, 0.25) is 0 Å². The van der Waals surface area contributed by atoms with E-state index in [0.717, 1.165) is 42.7 Å². The maximum Gasteiger partial charge on any atom is 0.253 e. The lowest BCUT2D eigenvalue weighted by Crippen LogP contribution is -2.44. The number of hydrogen-bond donors (Lipinski definition) is 0. The van der Waals surface area contributed by atoms with Crippen molar-refractivity contribution in [1.29, 1.82) is 0 Å². The molecule has 3 nitrogen and oxygen atoms in total. The van der Waals surface area contributed by atoms with Gasteiger partial charge in [-0.2, -0.15) is 0 Å².